The largest absolute Gasteiger partial charge is 0.385 e. The minimum absolute atomic E-state index is 0.211. The number of benzene rings is 1. The van der Waals surface area contributed by atoms with Crippen molar-refractivity contribution in [1.82, 2.24) is 5.32 Å². The van der Waals surface area contributed by atoms with Crippen LogP contribution in [0.4, 0.5) is 10.1 Å². The van der Waals surface area contributed by atoms with E-state index in [1.807, 2.05) is 0 Å². The first kappa shape index (κ1) is 15.4. The Hall–Kier alpha value is -1.62. The molecule has 106 valence electrons. The zero-order chi connectivity index (χ0) is 14.3. The van der Waals surface area contributed by atoms with Crippen molar-refractivity contribution in [2.45, 2.75) is 13.8 Å². The fourth-order valence-corrected chi connectivity index (χ4v) is 1.62. The molecule has 0 bridgehead atoms. The van der Waals surface area contributed by atoms with E-state index < -0.39 is 5.82 Å². The van der Waals surface area contributed by atoms with Crippen molar-refractivity contribution in [3.8, 4) is 0 Å². The van der Waals surface area contributed by atoms with Gasteiger partial charge >= 0.3 is 0 Å². The molecule has 1 rings (SSSR count). The van der Waals surface area contributed by atoms with Gasteiger partial charge in [0, 0.05) is 20.2 Å². The molecule has 1 amide bonds. The number of rotatable bonds is 7. The van der Waals surface area contributed by atoms with Crippen LogP contribution >= 0.6 is 0 Å². The van der Waals surface area contributed by atoms with Crippen LogP contribution in [0, 0.1) is 11.7 Å². The van der Waals surface area contributed by atoms with Gasteiger partial charge in [-0.15, -0.1) is 0 Å². The predicted molar refractivity (Wildman–Crippen MR) is 73.9 cm³/mol. The lowest BCUT2D eigenvalue weighted by molar-refractivity contribution is 0.0886. The summed E-state index contributed by atoms with van der Waals surface area (Å²) in [6.45, 7) is 5.64. The molecule has 1 aromatic rings. The molecule has 0 unspecified atom stereocenters. The molecule has 1 aromatic carbocycles. The first-order valence-corrected chi connectivity index (χ1v) is 6.38. The number of hydrogen-bond acceptors (Lipinski definition) is 3. The lowest BCUT2D eigenvalue weighted by atomic mass is 10.1. The van der Waals surface area contributed by atoms with Crippen molar-refractivity contribution >= 4 is 11.6 Å². The van der Waals surface area contributed by atoms with E-state index >= 15 is 0 Å². The summed E-state index contributed by atoms with van der Waals surface area (Å²) in [4.78, 5) is 11.9. The van der Waals surface area contributed by atoms with Gasteiger partial charge in [-0.1, -0.05) is 19.9 Å². The van der Waals surface area contributed by atoms with Crippen molar-refractivity contribution < 1.29 is 13.9 Å². The van der Waals surface area contributed by atoms with Gasteiger partial charge in [0.1, 0.15) is 5.82 Å². The average Bonchev–Trinajstić information content (AvgIpc) is 2.37. The number of amides is 1. The third-order valence-electron chi connectivity index (χ3n) is 2.49. The average molecular weight is 268 g/mol. The Morgan fingerprint density at radius 1 is 1.42 bits per heavy atom. The molecule has 5 heteroatoms. The summed E-state index contributed by atoms with van der Waals surface area (Å²) < 4.78 is 18.8. The molecule has 0 saturated carbocycles. The lowest BCUT2D eigenvalue weighted by Crippen LogP contribution is -2.28. The Balaban J connectivity index is 2.48. The van der Waals surface area contributed by atoms with Gasteiger partial charge in [-0.05, 0) is 18.1 Å². The van der Waals surface area contributed by atoms with E-state index in [1.165, 1.54) is 12.1 Å². The molecule has 19 heavy (non-hydrogen) atoms. The van der Waals surface area contributed by atoms with Crippen LogP contribution in [0.25, 0.3) is 0 Å². The summed E-state index contributed by atoms with van der Waals surface area (Å²) in [5, 5.41) is 5.40. The van der Waals surface area contributed by atoms with Gasteiger partial charge < -0.3 is 15.4 Å². The highest BCUT2D eigenvalue weighted by molar-refractivity contribution is 5.99. The third-order valence-corrected chi connectivity index (χ3v) is 2.49. The van der Waals surface area contributed by atoms with E-state index in [-0.39, 0.29) is 11.6 Å². The SMILES string of the molecule is CNc1c(F)cccc1C(=O)NCCOCC(C)C. The van der Waals surface area contributed by atoms with E-state index in [9.17, 15) is 9.18 Å². The number of anilines is 1. The number of para-hydroxylation sites is 1. The maximum Gasteiger partial charge on any atom is 0.253 e. The van der Waals surface area contributed by atoms with E-state index in [0.717, 1.165) is 0 Å². The maximum absolute atomic E-state index is 13.5. The van der Waals surface area contributed by atoms with Crippen molar-refractivity contribution in [3.63, 3.8) is 0 Å². The second kappa shape index (κ2) is 7.74. The normalized spacial score (nSPS) is 10.6. The van der Waals surface area contributed by atoms with Gasteiger partial charge in [0.2, 0.25) is 0 Å². The fraction of sp³-hybridized carbons (Fsp3) is 0.500. The van der Waals surface area contributed by atoms with Crippen LogP contribution in [0.3, 0.4) is 0 Å². The van der Waals surface area contributed by atoms with Crippen LogP contribution in [-0.2, 0) is 4.74 Å². The molecular formula is C14H21FN2O2. The Morgan fingerprint density at radius 2 is 2.16 bits per heavy atom. The smallest absolute Gasteiger partial charge is 0.253 e. The molecule has 0 saturated heterocycles. The highest BCUT2D eigenvalue weighted by Crippen LogP contribution is 2.18. The Kier molecular flexibility index (Phi) is 6.29. The van der Waals surface area contributed by atoms with Crippen molar-refractivity contribution in [2.24, 2.45) is 5.92 Å². The van der Waals surface area contributed by atoms with E-state index in [2.05, 4.69) is 24.5 Å². The highest BCUT2D eigenvalue weighted by Gasteiger charge is 2.13. The molecule has 0 aromatic heterocycles. The number of carbonyl (C=O) groups is 1. The summed E-state index contributed by atoms with van der Waals surface area (Å²) in [5.74, 6) is -0.280. The van der Waals surface area contributed by atoms with Gasteiger partial charge in [0.25, 0.3) is 5.91 Å². The van der Waals surface area contributed by atoms with E-state index in [0.29, 0.717) is 31.2 Å². The minimum atomic E-state index is -0.439. The van der Waals surface area contributed by atoms with Gasteiger partial charge in [0.15, 0.2) is 0 Å². The molecule has 0 heterocycles. The number of carbonyl (C=O) groups excluding carboxylic acids is 1. The van der Waals surface area contributed by atoms with Crippen molar-refractivity contribution in [3.05, 3.63) is 29.6 Å². The molecule has 0 radical (unpaired) electrons. The molecule has 0 atom stereocenters. The van der Waals surface area contributed by atoms with Gasteiger partial charge in [0.05, 0.1) is 17.9 Å². The van der Waals surface area contributed by atoms with Crippen LogP contribution in [0.5, 0.6) is 0 Å². The first-order valence-electron chi connectivity index (χ1n) is 6.38. The second-order valence-corrected chi connectivity index (χ2v) is 4.64. The number of ether oxygens (including phenoxy) is 1. The molecule has 0 fully saturated rings. The highest BCUT2D eigenvalue weighted by atomic mass is 19.1. The topological polar surface area (TPSA) is 50.4 Å². The first-order chi connectivity index (χ1) is 9.06. The molecule has 4 nitrogen and oxygen atoms in total. The van der Waals surface area contributed by atoms with Crippen molar-refractivity contribution in [2.75, 3.05) is 32.1 Å². The quantitative estimate of drug-likeness (QED) is 0.746. The molecule has 0 aliphatic carbocycles. The Bertz CT molecular complexity index is 422. The zero-order valence-corrected chi connectivity index (χ0v) is 11.6. The van der Waals surface area contributed by atoms with Crippen LogP contribution in [-0.4, -0.2) is 32.7 Å². The third kappa shape index (κ3) is 4.87. The van der Waals surface area contributed by atoms with Gasteiger partial charge in [-0.2, -0.15) is 0 Å². The Morgan fingerprint density at radius 3 is 2.79 bits per heavy atom. The molecular weight excluding hydrogens is 247 g/mol. The van der Waals surface area contributed by atoms with Crippen LogP contribution in [0.1, 0.15) is 24.2 Å². The monoisotopic (exact) mass is 268 g/mol. The van der Waals surface area contributed by atoms with Crippen molar-refractivity contribution in [1.29, 1.82) is 0 Å². The summed E-state index contributed by atoms with van der Waals surface area (Å²) in [5.41, 5.74) is 0.509. The lowest BCUT2D eigenvalue weighted by Gasteiger charge is -2.11. The second-order valence-electron chi connectivity index (χ2n) is 4.64. The number of nitrogens with one attached hydrogen (secondary N) is 2. The molecule has 0 aliphatic rings. The molecule has 0 spiro atoms. The Labute approximate surface area is 113 Å². The van der Waals surface area contributed by atoms with Crippen LogP contribution in [0.2, 0.25) is 0 Å². The standard InChI is InChI=1S/C14H21FN2O2/c1-10(2)9-19-8-7-17-14(18)11-5-4-6-12(15)13(11)16-3/h4-6,10,16H,7-9H2,1-3H3,(H,17,18). The maximum atomic E-state index is 13.5. The zero-order valence-electron chi connectivity index (χ0n) is 11.6. The number of halogens is 1. The molecule has 0 aliphatic heterocycles. The van der Waals surface area contributed by atoms with Crippen LogP contribution in [0.15, 0.2) is 18.2 Å². The van der Waals surface area contributed by atoms with Gasteiger partial charge in [-0.25, -0.2) is 4.39 Å². The summed E-state index contributed by atoms with van der Waals surface area (Å²) in [6.07, 6.45) is 0. The summed E-state index contributed by atoms with van der Waals surface area (Å²) in [7, 11) is 1.58. The fourth-order valence-electron chi connectivity index (χ4n) is 1.62. The van der Waals surface area contributed by atoms with Crippen LogP contribution < -0.4 is 10.6 Å². The van der Waals surface area contributed by atoms with E-state index in [4.69, 9.17) is 4.74 Å². The van der Waals surface area contributed by atoms with E-state index in [1.54, 1.807) is 13.1 Å². The predicted octanol–water partition coefficient (Wildman–Crippen LogP) is 2.27. The summed E-state index contributed by atoms with van der Waals surface area (Å²) >= 11 is 0. The summed E-state index contributed by atoms with van der Waals surface area (Å²) in [6, 6.07) is 4.41. The molecule has 2 N–H and O–H groups in total. The van der Waals surface area contributed by atoms with Gasteiger partial charge in [-0.3, -0.25) is 4.79 Å². The number of hydrogen-bond donors (Lipinski definition) is 2. The minimum Gasteiger partial charge on any atom is -0.385 e.